The van der Waals surface area contributed by atoms with Crippen molar-refractivity contribution in [1.82, 2.24) is 0 Å². The van der Waals surface area contributed by atoms with Crippen molar-refractivity contribution in [3.63, 3.8) is 0 Å². The van der Waals surface area contributed by atoms with Gasteiger partial charge in [0.2, 0.25) is 0 Å². The Morgan fingerprint density at radius 2 is 2.07 bits per heavy atom. The van der Waals surface area contributed by atoms with Gasteiger partial charge in [-0.15, -0.1) is 18.3 Å². The van der Waals surface area contributed by atoms with Crippen LogP contribution < -0.4 is 5.73 Å². The van der Waals surface area contributed by atoms with Gasteiger partial charge in [0.1, 0.15) is 0 Å². The van der Waals surface area contributed by atoms with E-state index in [0.717, 1.165) is 23.1 Å². The van der Waals surface area contributed by atoms with Crippen molar-refractivity contribution in [1.29, 1.82) is 0 Å². The molecule has 1 aromatic carbocycles. The summed E-state index contributed by atoms with van der Waals surface area (Å²) >= 11 is 5.22. The van der Waals surface area contributed by atoms with Gasteiger partial charge in [0, 0.05) is 21.2 Å². The molecule has 0 radical (unpaired) electrons. The first-order chi connectivity index (χ1) is 7.22. The van der Waals surface area contributed by atoms with E-state index in [-0.39, 0.29) is 6.04 Å². The van der Waals surface area contributed by atoms with Crippen molar-refractivity contribution < 1.29 is 0 Å². The molecule has 0 fully saturated rings. The summed E-state index contributed by atoms with van der Waals surface area (Å²) in [5.41, 5.74) is 5.96. The molecule has 0 spiro atoms. The molecule has 1 atom stereocenters. The number of benzene rings is 1. The lowest BCUT2D eigenvalue weighted by Gasteiger charge is -2.09. The Balaban J connectivity index is 2.30. The van der Waals surface area contributed by atoms with Gasteiger partial charge in [-0.25, -0.2) is 0 Å². The molecular weight excluding hydrogens is 270 g/mol. The highest BCUT2D eigenvalue weighted by Crippen LogP contribution is 2.21. The Morgan fingerprint density at radius 1 is 1.40 bits per heavy atom. The van der Waals surface area contributed by atoms with Gasteiger partial charge in [0.25, 0.3) is 0 Å². The number of hydrogen-bond donors (Lipinski definition) is 1. The molecule has 0 bridgehead atoms. The fraction of sp³-hybridized carbons (Fsp3) is 0.333. The van der Waals surface area contributed by atoms with E-state index in [0.29, 0.717) is 0 Å². The second-order valence-corrected chi connectivity index (χ2v) is 5.40. The Kier molecular flexibility index (Phi) is 6.06. The van der Waals surface area contributed by atoms with Gasteiger partial charge in [-0.1, -0.05) is 22.0 Å². The molecule has 0 aliphatic heterocycles. The van der Waals surface area contributed by atoms with Crippen molar-refractivity contribution in [2.24, 2.45) is 5.73 Å². The van der Waals surface area contributed by atoms with Crippen LogP contribution in [0.4, 0.5) is 0 Å². The highest BCUT2D eigenvalue weighted by atomic mass is 79.9. The number of thioether (sulfide) groups is 1. The monoisotopic (exact) mass is 285 g/mol. The first-order valence-electron chi connectivity index (χ1n) is 4.97. The van der Waals surface area contributed by atoms with Gasteiger partial charge in [-0.3, -0.25) is 0 Å². The van der Waals surface area contributed by atoms with Crippen LogP contribution in [0.3, 0.4) is 0 Å². The quantitative estimate of drug-likeness (QED) is 0.635. The normalized spacial score (nSPS) is 12.4. The van der Waals surface area contributed by atoms with E-state index in [1.54, 1.807) is 0 Å². The number of allylic oxidation sites excluding steroid dienone is 1. The highest BCUT2D eigenvalue weighted by Gasteiger charge is 2.02. The van der Waals surface area contributed by atoms with Crippen LogP contribution in [0.1, 0.15) is 12.8 Å². The lowest BCUT2D eigenvalue weighted by molar-refractivity contribution is 0.685. The Hall–Kier alpha value is -0.250. The van der Waals surface area contributed by atoms with Crippen molar-refractivity contribution in [3.8, 4) is 0 Å². The maximum Gasteiger partial charge on any atom is 0.0176 e. The van der Waals surface area contributed by atoms with Crippen LogP contribution in [0.5, 0.6) is 0 Å². The minimum Gasteiger partial charge on any atom is -0.327 e. The fourth-order valence-corrected chi connectivity index (χ4v) is 2.32. The summed E-state index contributed by atoms with van der Waals surface area (Å²) in [7, 11) is 0. The van der Waals surface area contributed by atoms with E-state index in [1.807, 2.05) is 17.8 Å². The molecule has 15 heavy (non-hydrogen) atoms. The highest BCUT2D eigenvalue weighted by molar-refractivity contribution is 9.10. The number of hydrogen-bond acceptors (Lipinski definition) is 2. The summed E-state index contributed by atoms with van der Waals surface area (Å²) in [5, 5.41) is 0. The van der Waals surface area contributed by atoms with Crippen LogP contribution in [0.2, 0.25) is 0 Å². The van der Waals surface area contributed by atoms with Gasteiger partial charge in [-0.05, 0) is 37.1 Å². The molecule has 0 aromatic heterocycles. The summed E-state index contributed by atoms with van der Waals surface area (Å²) in [6, 6.07) is 8.58. The van der Waals surface area contributed by atoms with Crippen LogP contribution in [0, 0.1) is 0 Å². The molecular formula is C12H16BrNS. The smallest absolute Gasteiger partial charge is 0.0176 e. The average Bonchev–Trinajstić information content (AvgIpc) is 2.25. The largest absolute Gasteiger partial charge is 0.327 e. The topological polar surface area (TPSA) is 26.0 Å². The average molecular weight is 286 g/mol. The van der Waals surface area contributed by atoms with E-state index in [4.69, 9.17) is 5.73 Å². The summed E-state index contributed by atoms with van der Waals surface area (Å²) in [6.07, 6.45) is 3.94. The number of halogens is 1. The van der Waals surface area contributed by atoms with E-state index >= 15 is 0 Å². The molecule has 0 aliphatic carbocycles. The molecule has 2 N–H and O–H groups in total. The summed E-state index contributed by atoms with van der Waals surface area (Å²) < 4.78 is 1.11. The molecule has 0 saturated carbocycles. The second-order valence-electron chi connectivity index (χ2n) is 3.39. The molecule has 0 heterocycles. The van der Waals surface area contributed by atoms with Crippen LogP contribution in [-0.2, 0) is 0 Å². The maximum absolute atomic E-state index is 5.96. The lowest BCUT2D eigenvalue weighted by Crippen LogP contribution is -2.22. The lowest BCUT2D eigenvalue weighted by atomic mass is 10.2. The van der Waals surface area contributed by atoms with Gasteiger partial charge >= 0.3 is 0 Å². The molecule has 1 unspecified atom stereocenters. The van der Waals surface area contributed by atoms with E-state index in [9.17, 15) is 0 Å². The van der Waals surface area contributed by atoms with Crippen LogP contribution >= 0.6 is 27.7 Å². The Labute approximate surface area is 104 Å². The zero-order chi connectivity index (χ0) is 11.1. The summed E-state index contributed by atoms with van der Waals surface area (Å²) in [6.45, 7) is 3.69. The first kappa shape index (κ1) is 12.8. The Morgan fingerprint density at radius 3 is 2.67 bits per heavy atom. The molecule has 1 rings (SSSR count). The predicted octanol–water partition coefficient (Wildman–Crippen LogP) is 3.83. The third kappa shape index (κ3) is 5.40. The zero-order valence-electron chi connectivity index (χ0n) is 8.66. The van der Waals surface area contributed by atoms with Crippen LogP contribution in [0.25, 0.3) is 0 Å². The van der Waals surface area contributed by atoms with Gasteiger partial charge in [-0.2, -0.15) is 0 Å². The van der Waals surface area contributed by atoms with Crippen molar-refractivity contribution in [3.05, 3.63) is 41.4 Å². The van der Waals surface area contributed by atoms with E-state index in [1.165, 1.54) is 4.90 Å². The van der Waals surface area contributed by atoms with Crippen molar-refractivity contribution in [2.45, 2.75) is 23.8 Å². The molecule has 0 saturated heterocycles. The van der Waals surface area contributed by atoms with E-state index in [2.05, 4.69) is 46.8 Å². The molecule has 0 aliphatic rings. The van der Waals surface area contributed by atoms with Gasteiger partial charge in [0.15, 0.2) is 0 Å². The van der Waals surface area contributed by atoms with E-state index < -0.39 is 0 Å². The third-order valence-corrected chi connectivity index (χ3v) is 3.75. The first-order valence-corrected chi connectivity index (χ1v) is 6.75. The van der Waals surface area contributed by atoms with Crippen molar-refractivity contribution >= 4 is 27.7 Å². The minimum atomic E-state index is 0.261. The minimum absolute atomic E-state index is 0.261. The number of nitrogens with two attached hydrogens (primary N) is 1. The molecule has 82 valence electrons. The zero-order valence-corrected chi connectivity index (χ0v) is 11.1. The van der Waals surface area contributed by atoms with Crippen LogP contribution in [-0.4, -0.2) is 11.8 Å². The number of rotatable bonds is 6. The van der Waals surface area contributed by atoms with Gasteiger partial charge in [0.05, 0.1) is 0 Å². The molecule has 3 heteroatoms. The fourth-order valence-electron chi connectivity index (χ4n) is 1.15. The standard InChI is InChI=1S/C12H16BrNS/c1-2-3-4-11(14)9-15-12-7-5-10(13)6-8-12/h2,5-8,11H,1,3-4,9,14H2. The van der Waals surface area contributed by atoms with Crippen LogP contribution in [0.15, 0.2) is 46.3 Å². The SMILES string of the molecule is C=CCCC(N)CSc1ccc(Br)cc1. The molecule has 0 amide bonds. The summed E-state index contributed by atoms with van der Waals surface area (Å²) in [4.78, 5) is 1.27. The predicted molar refractivity (Wildman–Crippen MR) is 72.3 cm³/mol. The van der Waals surface area contributed by atoms with Gasteiger partial charge < -0.3 is 5.73 Å². The third-order valence-electron chi connectivity index (χ3n) is 2.02. The van der Waals surface area contributed by atoms with Crippen molar-refractivity contribution in [2.75, 3.05) is 5.75 Å². The molecule has 1 nitrogen and oxygen atoms in total. The Bertz CT molecular complexity index is 297. The molecule has 1 aromatic rings. The second kappa shape index (κ2) is 7.09. The maximum atomic E-state index is 5.96. The summed E-state index contributed by atoms with van der Waals surface area (Å²) in [5.74, 6) is 0.968.